The van der Waals surface area contributed by atoms with Crippen molar-refractivity contribution in [3.63, 3.8) is 0 Å². The molecule has 0 aliphatic carbocycles. The predicted octanol–water partition coefficient (Wildman–Crippen LogP) is 2.17. The van der Waals surface area contributed by atoms with Crippen LogP contribution in [0.25, 0.3) is 11.1 Å². The molecule has 3 rings (SSSR count). The van der Waals surface area contributed by atoms with Crippen LogP contribution in [0, 0.1) is 0 Å². The minimum absolute atomic E-state index is 0.243. The number of aryl methyl sites for hydroxylation is 1. The minimum atomic E-state index is 0.243. The van der Waals surface area contributed by atoms with Crippen LogP contribution in [0.2, 0.25) is 0 Å². The minimum Gasteiger partial charge on any atom is -0.493 e. The molecule has 0 atom stereocenters. The molecule has 1 fully saturated rings. The van der Waals surface area contributed by atoms with Crippen molar-refractivity contribution in [3.8, 4) is 22.6 Å². The summed E-state index contributed by atoms with van der Waals surface area (Å²) < 4.78 is 13.2. The summed E-state index contributed by atoms with van der Waals surface area (Å²) in [6.45, 7) is 0. The van der Waals surface area contributed by atoms with Crippen molar-refractivity contribution < 1.29 is 9.47 Å². The Hall–Kier alpha value is -1.82. The van der Waals surface area contributed by atoms with Crippen molar-refractivity contribution in [3.05, 3.63) is 24.4 Å². The van der Waals surface area contributed by atoms with Crippen LogP contribution in [0.4, 0.5) is 5.82 Å². The van der Waals surface area contributed by atoms with Crippen molar-refractivity contribution in [1.29, 1.82) is 0 Å². The summed E-state index contributed by atoms with van der Waals surface area (Å²) >= 11 is 1.88. The maximum Gasteiger partial charge on any atom is 0.169 e. The van der Waals surface area contributed by atoms with Gasteiger partial charge in [0, 0.05) is 29.7 Å². The van der Waals surface area contributed by atoms with Gasteiger partial charge in [0.15, 0.2) is 11.5 Å². The molecular weight excluding hydrogens is 274 g/mol. The second kappa shape index (κ2) is 5.28. The molecule has 0 radical (unpaired) electrons. The van der Waals surface area contributed by atoms with Gasteiger partial charge in [-0.3, -0.25) is 4.68 Å². The molecule has 106 valence electrons. The van der Waals surface area contributed by atoms with E-state index < -0.39 is 0 Å². The van der Waals surface area contributed by atoms with Crippen molar-refractivity contribution >= 4 is 17.6 Å². The molecule has 1 aromatic carbocycles. The molecule has 0 amide bonds. The van der Waals surface area contributed by atoms with Gasteiger partial charge in [0.1, 0.15) is 11.9 Å². The molecule has 20 heavy (non-hydrogen) atoms. The SMILES string of the molecule is COc1cccc(-c2cnn(C)c2N)c1OC1CSC1. The lowest BCUT2D eigenvalue weighted by atomic mass is 10.1. The molecule has 1 aliphatic heterocycles. The molecule has 6 heteroatoms. The Labute approximate surface area is 122 Å². The second-order valence-electron chi connectivity index (χ2n) is 4.68. The third kappa shape index (κ3) is 2.20. The largest absolute Gasteiger partial charge is 0.493 e. The molecule has 0 unspecified atom stereocenters. The smallest absolute Gasteiger partial charge is 0.169 e. The molecule has 5 nitrogen and oxygen atoms in total. The van der Waals surface area contributed by atoms with Gasteiger partial charge in [-0.25, -0.2) is 0 Å². The summed E-state index contributed by atoms with van der Waals surface area (Å²) in [4.78, 5) is 0. The van der Waals surface area contributed by atoms with Crippen LogP contribution in [0.5, 0.6) is 11.5 Å². The van der Waals surface area contributed by atoms with E-state index in [9.17, 15) is 0 Å². The molecule has 0 saturated carbocycles. The number of rotatable bonds is 4. The Morgan fingerprint density at radius 3 is 2.70 bits per heavy atom. The first kappa shape index (κ1) is 13.2. The monoisotopic (exact) mass is 291 g/mol. The number of nitrogens with zero attached hydrogens (tertiary/aromatic N) is 2. The Morgan fingerprint density at radius 1 is 1.35 bits per heavy atom. The summed E-state index contributed by atoms with van der Waals surface area (Å²) in [7, 11) is 3.47. The summed E-state index contributed by atoms with van der Waals surface area (Å²) in [5.74, 6) is 4.12. The standard InChI is InChI=1S/C14H17N3O2S/c1-17-14(15)11(6-16-17)10-4-3-5-12(18-2)13(10)19-9-7-20-8-9/h3-6,9H,7-8,15H2,1-2H3. The van der Waals surface area contributed by atoms with Gasteiger partial charge in [0.2, 0.25) is 0 Å². The Bertz CT molecular complexity index is 623. The quantitative estimate of drug-likeness (QED) is 0.935. The van der Waals surface area contributed by atoms with E-state index in [1.165, 1.54) is 0 Å². The number of hydrogen-bond acceptors (Lipinski definition) is 5. The third-order valence-corrected chi connectivity index (χ3v) is 4.58. The van der Waals surface area contributed by atoms with Gasteiger partial charge in [-0.05, 0) is 6.07 Å². The fourth-order valence-electron chi connectivity index (χ4n) is 2.11. The van der Waals surface area contributed by atoms with E-state index >= 15 is 0 Å². The van der Waals surface area contributed by atoms with Crippen LogP contribution in [0.15, 0.2) is 24.4 Å². The maximum atomic E-state index is 6.08. The Balaban J connectivity index is 2.06. The van der Waals surface area contributed by atoms with Crippen LogP contribution in [-0.4, -0.2) is 34.5 Å². The summed E-state index contributed by atoms with van der Waals surface area (Å²) in [5.41, 5.74) is 7.86. The Morgan fingerprint density at radius 2 is 2.15 bits per heavy atom. The number of hydrogen-bond donors (Lipinski definition) is 1. The highest BCUT2D eigenvalue weighted by atomic mass is 32.2. The first-order valence-corrected chi connectivity index (χ1v) is 7.55. The lowest BCUT2D eigenvalue weighted by Crippen LogP contribution is -2.31. The highest BCUT2D eigenvalue weighted by Crippen LogP contribution is 2.41. The number of nitrogen functional groups attached to an aromatic ring is 1. The Kier molecular flexibility index (Phi) is 3.48. The molecule has 1 saturated heterocycles. The van der Waals surface area contributed by atoms with E-state index in [1.54, 1.807) is 18.0 Å². The number of nitrogens with two attached hydrogens (primary N) is 1. The van der Waals surface area contributed by atoms with Crippen LogP contribution in [-0.2, 0) is 7.05 Å². The zero-order chi connectivity index (χ0) is 14.1. The van der Waals surface area contributed by atoms with Crippen LogP contribution in [0.1, 0.15) is 0 Å². The normalized spacial score (nSPS) is 14.9. The fraction of sp³-hybridized carbons (Fsp3) is 0.357. The molecule has 0 spiro atoms. The van der Waals surface area contributed by atoms with E-state index in [0.717, 1.165) is 34.1 Å². The van der Waals surface area contributed by atoms with E-state index in [-0.39, 0.29) is 6.10 Å². The number of aromatic nitrogens is 2. The number of anilines is 1. The summed E-state index contributed by atoms with van der Waals surface area (Å²) in [5, 5.41) is 4.19. The van der Waals surface area contributed by atoms with E-state index in [0.29, 0.717) is 5.82 Å². The average Bonchev–Trinajstić information content (AvgIpc) is 2.74. The number of benzene rings is 1. The first-order valence-electron chi connectivity index (χ1n) is 6.40. The lowest BCUT2D eigenvalue weighted by molar-refractivity contribution is 0.229. The van der Waals surface area contributed by atoms with Gasteiger partial charge in [-0.2, -0.15) is 16.9 Å². The van der Waals surface area contributed by atoms with Crippen molar-refractivity contribution in [2.75, 3.05) is 24.3 Å². The summed E-state index contributed by atoms with van der Waals surface area (Å²) in [6.07, 6.45) is 2.00. The van der Waals surface area contributed by atoms with E-state index in [1.807, 2.05) is 37.0 Å². The molecule has 1 aliphatic rings. The highest BCUT2D eigenvalue weighted by Gasteiger charge is 2.24. The highest BCUT2D eigenvalue weighted by molar-refractivity contribution is 8.00. The van der Waals surface area contributed by atoms with Gasteiger partial charge >= 0.3 is 0 Å². The van der Waals surface area contributed by atoms with Gasteiger partial charge < -0.3 is 15.2 Å². The zero-order valence-corrected chi connectivity index (χ0v) is 12.3. The number of thioether (sulfide) groups is 1. The van der Waals surface area contributed by atoms with Crippen LogP contribution in [0.3, 0.4) is 0 Å². The molecule has 2 heterocycles. The topological polar surface area (TPSA) is 62.3 Å². The zero-order valence-electron chi connectivity index (χ0n) is 11.5. The number of ether oxygens (including phenoxy) is 2. The van der Waals surface area contributed by atoms with Crippen LogP contribution < -0.4 is 15.2 Å². The lowest BCUT2D eigenvalue weighted by Gasteiger charge is -2.27. The van der Waals surface area contributed by atoms with Crippen molar-refractivity contribution in [1.82, 2.24) is 9.78 Å². The van der Waals surface area contributed by atoms with Crippen molar-refractivity contribution in [2.45, 2.75) is 6.10 Å². The van der Waals surface area contributed by atoms with Crippen molar-refractivity contribution in [2.24, 2.45) is 7.05 Å². The van der Waals surface area contributed by atoms with Gasteiger partial charge in [-0.15, -0.1) is 0 Å². The number of methoxy groups -OCH3 is 1. The second-order valence-corrected chi connectivity index (χ2v) is 5.76. The molecule has 2 aromatic rings. The fourth-order valence-corrected chi connectivity index (χ4v) is 2.68. The number of para-hydroxylation sites is 1. The molecule has 2 N–H and O–H groups in total. The van der Waals surface area contributed by atoms with E-state index in [2.05, 4.69) is 5.10 Å². The van der Waals surface area contributed by atoms with Crippen LogP contribution >= 0.6 is 11.8 Å². The average molecular weight is 291 g/mol. The molecular formula is C14H17N3O2S. The third-order valence-electron chi connectivity index (χ3n) is 3.37. The maximum absolute atomic E-state index is 6.08. The van der Waals surface area contributed by atoms with Gasteiger partial charge in [0.25, 0.3) is 0 Å². The van der Waals surface area contributed by atoms with E-state index in [4.69, 9.17) is 15.2 Å². The van der Waals surface area contributed by atoms with Gasteiger partial charge in [0.05, 0.1) is 13.3 Å². The predicted molar refractivity (Wildman–Crippen MR) is 81.3 cm³/mol. The van der Waals surface area contributed by atoms with Gasteiger partial charge in [-0.1, -0.05) is 12.1 Å². The first-order chi connectivity index (χ1) is 9.70. The summed E-state index contributed by atoms with van der Waals surface area (Å²) in [6, 6.07) is 5.82. The molecule has 1 aromatic heterocycles. The molecule has 0 bridgehead atoms.